The van der Waals surface area contributed by atoms with E-state index in [4.69, 9.17) is 42.6 Å². The second kappa shape index (κ2) is 31.5. The molecule has 2 fully saturated rings. The van der Waals surface area contributed by atoms with E-state index < -0.39 is 0 Å². The molecule has 0 radical (unpaired) electrons. The fourth-order valence-electron chi connectivity index (χ4n) is 7.65. The lowest BCUT2D eigenvalue weighted by Gasteiger charge is -2.27. The largest absolute Gasteiger partial charge is 0.469 e. The van der Waals surface area contributed by atoms with E-state index in [1.807, 2.05) is 0 Å². The number of rotatable bonds is 35. The minimum absolute atomic E-state index is 0.0430. The minimum atomic E-state index is -0.188. The van der Waals surface area contributed by atoms with Crippen molar-refractivity contribution in [1.29, 1.82) is 0 Å². The van der Waals surface area contributed by atoms with Crippen LogP contribution in [0.15, 0.2) is 0 Å². The van der Waals surface area contributed by atoms with Crippen molar-refractivity contribution in [2.75, 3.05) is 48.8 Å². The summed E-state index contributed by atoms with van der Waals surface area (Å²) in [6.45, 7) is 3.15. The van der Waals surface area contributed by atoms with Gasteiger partial charge in [0.25, 0.3) is 0 Å². The highest BCUT2D eigenvalue weighted by molar-refractivity contribution is 5.69. The molecule has 2 saturated heterocycles. The van der Waals surface area contributed by atoms with Crippen LogP contribution in [-0.2, 0) is 47.4 Å². The minimum Gasteiger partial charge on any atom is -0.469 e. The van der Waals surface area contributed by atoms with Gasteiger partial charge in [0.05, 0.1) is 49.8 Å². The Morgan fingerprint density at radius 2 is 0.941 bits per heavy atom. The molecule has 0 aromatic carbocycles. The molecule has 302 valence electrons. The fraction of sp³-hybridized carbons (Fsp3) is 0.976. The third kappa shape index (κ3) is 21.6. The quantitative estimate of drug-likeness (QED) is 0.0356. The van der Waals surface area contributed by atoms with Crippen molar-refractivity contribution in [1.82, 2.24) is 0 Å². The topological polar surface area (TPSA) is 100 Å². The first-order chi connectivity index (χ1) is 25.1. The highest BCUT2D eigenvalue weighted by Gasteiger charge is 2.41. The van der Waals surface area contributed by atoms with E-state index >= 15 is 0 Å². The number of hydrogen-bond donors (Lipinski definition) is 0. The number of carbonyl (C=O) groups is 1. The van der Waals surface area contributed by atoms with Crippen LogP contribution < -0.4 is 0 Å². The van der Waals surface area contributed by atoms with E-state index in [1.54, 1.807) is 21.3 Å². The Labute approximate surface area is 312 Å². The van der Waals surface area contributed by atoms with Crippen LogP contribution >= 0.6 is 0 Å². The molecule has 7 atom stereocenters. The maximum Gasteiger partial charge on any atom is 0.305 e. The zero-order valence-electron chi connectivity index (χ0n) is 33.4. The van der Waals surface area contributed by atoms with Crippen LogP contribution in [0.25, 0.3) is 0 Å². The molecule has 10 heteroatoms. The monoisotopic (exact) mass is 731 g/mol. The summed E-state index contributed by atoms with van der Waals surface area (Å²) in [5.41, 5.74) is 0. The second-order valence-corrected chi connectivity index (χ2v) is 14.8. The average molecular weight is 731 g/mol. The number of methoxy groups -OCH3 is 4. The van der Waals surface area contributed by atoms with Gasteiger partial charge >= 0.3 is 5.97 Å². The van der Waals surface area contributed by atoms with Gasteiger partial charge in [-0.25, -0.2) is 0 Å². The molecule has 10 nitrogen and oxygen atoms in total. The van der Waals surface area contributed by atoms with Crippen LogP contribution in [0.3, 0.4) is 0 Å². The summed E-state index contributed by atoms with van der Waals surface area (Å²) in [4.78, 5) is 11.5. The zero-order chi connectivity index (χ0) is 36.8. The smallest absolute Gasteiger partial charge is 0.305 e. The van der Waals surface area contributed by atoms with Gasteiger partial charge in [0.2, 0.25) is 0 Å². The summed E-state index contributed by atoms with van der Waals surface area (Å²) in [5.74, 6) is -0.188. The molecule has 51 heavy (non-hydrogen) atoms. The maximum atomic E-state index is 11.5. The van der Waals surface area contributed by atoms with Gasteiger partial charge in [-0.1, -0.05) is 110 Å². The van der Waals surface area contributed by atoms with Crippen molar-refractivity contribution in [3.63, 3.8) is 0 Å². The standard InChI is InChI=1S/C41H78O10/c1-6-7-8-9-10-14-17-20-23-35(48-32-44-3)37-26-28-39(50-37)40-29-27-38(51-40)36(49-33-45-4)24-21-18-15-12-11-13-16-19-22-34(47-31-43-2)25-30-41(42)46-5/h34-40H,6-33H2,1-5H3/t34-,35+,36-,37-,38-,39-,40-/m1/s1. The first kappa shape index (κ1) is 46.3. The highest BCUT2D eigenvalue weighted by Crippen LogP contribution is 2.36. The maximum absolute atomic E-state index is 11.5. The van der Waals surface area contributed by atoms with E-state index in [2.05, 4.69) is 6.92 Å². The van der Waals surface area contributed by atoms with Crippen LogP contribution in [-0.4, -0.2) is 97.5 Å². The van der Waals surface area contributed by atoms with Crippen LogP contribution in [0.1, 0.15) is 167 Å². The molecule has 0 aromatic rings. The molecule has 2 rings (SSSR count). The SMILES string of the molecule is CCCCCCCCCC[C@H](OCOC)[C@H]1CC[C@H]([C@H]2CC[C@H]([C@@H](CCCCCCCCCC[C@H](CCC(=O)OC)OCOC)OCOC)O2)O1. The molecular formula is C41H78O10. The van der Waals surface area contributed by atoms with Gasteiger partial charge in [0.1, 0.15) is 20.4 Å². The van der Waals surface area contributed by atoms with Crippen molar-refractivity contribution in [2.45, 2.75) is 210 Å². The Morgan fingerprint density at radius 1 is 0.529 bits per heavy atom. The molecule has 0 amide bonds. The van der Waals surface area contributed by atoms with Gasteiger partial charge in [-0.3, -0.25) is 4.79 Å². The highest BCUT2D eigenvalue weighted by atomic mass is 16.7. The summed E-state index contributed by atoms with van der Waals surface area (Å²) in [5, 5.41) is 0. The van der Waals surface area contributed by atoms with Gasteiger partial charge in [-0.05, 0) is 51.4 Å². The van der Waals surface area contributed by atoms with Crippen LogP contribution in [0.4, 0.5) is 0 Å². The summed E-state index contributed by atoms with van der Waals surface area (Å²) in [7, 11) is 6.43. The molecule has 2 aliphatic rings. The summed E-state index contributed by atoms with van der Waals surface area (Å²) >= 11 is 0. The first-order valence-corrected chi connectivity index (χ1v) is 20.7. The molecule has 2 heterocycles. The Hall–Kier alpha value is -0.850. The lowest BCUT2D eigenvalue weighted by atomic mass is 10.00. The van der Waals surface area contributed by atoms with E-state index in [1.165, 1.54) is 97.0 Å². The summed E-state index contributed by atoms with van der Waals surface area (Å²) in [6, 6.07) is 0. The normalized spacial score (nSPS) is 22.4. The predicted octanol–water partition coefficient (Wildman–Crippen LogP) is 9.43. The Kier molecular flexibility index (Phi) is 28.6. The van der Waals surface area contributed by atoms with Gasteiger partial charge < -0.3 is 42.6 Å². The molecule has 0 spiro atoms. The molecule has 2 aliphatic heterocycles. The van der Waals surface area contributed by atoms with Crippen molar-refractivity contribution >= 4 is 5.97 Å². The molecule has 0 bridgehead atoms. The zero-order valence-corrected chi connectivity index (χ0v) is 33.4. The van der Waals surface area contributed by atoms with E-state index in [-0.39, 0.29) is 55.5 Å². The number of carbonyl (C=O) groups excluding carboxylic acids is 1. The molecule has 0 aromatic heterocycles. The number of unbranched alkanes of at least 4 members (excludes halogenated alkanes) is 14. The average Bonchev–Trinajstić information content (AvgIpc) is 3.84. The number of ether oxygens (including phenoxy) is 9. The Balaban J connectivity index is 1.64. The second-order valence-electron chi connectivity index (χ2n) is 14.8. The van der Waals surface area contributed by atoms with Crippen molar-refractivity contribution in [3.8, 4) is 0 Å². The number of hydrogen-bond acceptors (Lipinski definition) is 10. The summed E-state index contributed by atoms with van der Waals surface area (Å²) in [6.07, 6.45) is 28.8. The van der Waals surface area contributed by atoms with Crippen LogP contribution in [0.2, 0.25) is 0 Å². The molecule has 0 saturated carbocycles. The fourth-order valence-corrected chi connectivity index (χ4v) is 7.65. The lowest BCUT2D eigenvalue weighted by Crippen LogP contribution is -2.35. The van der Waals surface area contributed by atoms with E-state index in [9.17, 15) is 4.79 Å². The number of esters is 1. The predicted molar refractivity (Wildman–Crippen MR) is 201 cm³/mol. The first-order valence-electron chi connectivity index (χ1n) is 20.7. The van der Waals surface area contributed by atoms with Gasteiger partial charge in [-0.2, -0.15) is 0 Å². The molecule has 0 N–H and O–H groups in total. The summed E-state index contributed by atoms with van der Waals surface area (Å²) < 4.78 is 51.8. The lowest BCUT2D eigenvalue weighted by molar-refractivity contribution is -0.158. The third-order valence-electron chi connectivity index (χ3n) is 10.6. The Morgan fingerprint density at radius 3 is 1.37 bits per heavy atom. The Bertz CT molecular complexity index is 800. The van der Waals surface area contributed by atoms with Crippen molar-refractivity contribution in [2.24, 2.45) is 0 Å². The van der Waals surface area contributed by atoms with Gasteiger partial charge in [-0.15, -0.1) is 0 Å². The third-order valence-corrected chi connectivity index (χ3v) is 10.6. The van der Waals surface area contributed by atoms with Crippen molar-refractivity contribution < 1.29 is 47.4 Å². The molecular weight excluding hydrogens is 652 g/mol. The van der Waals surface area contributed by atoms with Crippen LogP contribution in [0.5, 0.6) is 0 Å². The van der Waals surface area contributed by atoms with E-state index in [0.29, 0.717) is 26.4 Å². The van der Waals surface area contributed by atoms with E-state index in [0.717, 1.165) is 57.8 Å². The molecule has 0 aliphatic carbocycles. The van der Waals surface area contributed by atoms with Crippen LogP contribution in [0, 0.1) is 0 Å². The molecule has 0 unspecified atom stereocenters. The van der Waals surface area contributed by atoms with Gasteiger partial charge in [0.15, 0.2) is 0 Å². The van der Waals surface area contributed by atoms with Crippen molar-refractivity contribution in [3.05, 3.63) is 0 Å². The van der Waals surface area contributed by atoms with Gasteiger partial charge in [0, 0.05) is 27.8 Å².